The van der Waals surface area contributed by atoms with Gasteiger partial charge in [-0.1, -0.05) is 0 Å². The highest BCUT2D eigenvalue weighted by Crippen LogP contribution is 2.21. The number of nitrogens with two attached hydrogens (primary N) is 1. The van der Waals surface area contributed by atoms with Crippen LogP contribution >= 0.6 is 23.5 Å². The van der Waals surface area contributed by atoms with Gasteiger partial charge < -0.3 is 5.73 Å². The summed E-state index contributed by atoms with van der Waals surface area (Å²) in [5.74, 6) is 2.21. The Morgan fingerprint density at radius 2 is 2.33 bits per heavy atom. The number of rotatable bonds is 4. The summed E-state index contributed by atoms with van der Waals surface area (Å²) in [7, 11) is 0. The van der Waals surface area contributed by atoms with Gasteiger partial charge in [0.05, 0.1) is 5.69 Å². The lowest BCUT2D eigenvalue weighted by Crippen LogP contribution is -1.92. The van der Waals surface area contributed by atoms with Crippen LogP contribution in [0.1, 0.15) is 0 Å². The van der Waals surface area contributed by atoms with Gasteiger partial charge in [-0.25, -0.2) is 4.98 Å². The molecule has 0 aromatic carbocycles. The van der Waals surface area contributed by atoms with Crippen LogP contribution in [0.15, 0.2) is 23.4 Å². The second kappa shape index (κ2) is 5.32. The van der Waals surface area contributed by atoms with Gasteiger partial charge in [0.1, 0.15) is 5.03 Å². The van der Waals surface area contributed by atoms with E-state index in [-0.39, 0.29) is 0 Å². The van der Waals surface area contributed by atoms with Gasteiger partial charge in [0, 0.05) is 17.7 Å². The van der Waals surface area contributed by atoms with Gasteiger partial charge in [0.2, 0.25) is 0 Å². The number of hydrogen-bond acceptors (Lipinski definition) is 4. The summed E-state index contributed by atoms with van der Waals surface area (Å²) < 4.78 is 0. The van der Waals surface area contributed by atoms with Gasteiger partial charge in [-0.2, -0.15) is 11.8 Å². The van der Waals surface area contributed by atoms with Crippen molar-refractivity contribution < 1.29 is 0 Å². The molecule has 66 valence electrons. The van der Waals surface area contributed by atoms with E-state index in [4.69, 9.17) is 5.73 Å². The predicted molar refractivity (Wildman–Crippen MR) is 57.8 cm³/mol. The SMILES string of the molecule is CSCCSc1ncccc1N. The van der Waals surface area contributed by atoms with Crippen molar-refractivity contribution in [2.24, 2.45) is 0 Å². The van der Waals surface area contributed by atoms with E-state index < -0.39 is 0 Å². The summed E-state index contributed by atoms with van der Waals surface area (Å²) in [5, 5.41) is 0.951. The molecule has 0 atom stereocenters. The van der Waals surface area contributed by atoms with E-state index in [1.54, 1.807) is 18.0 Å². The summed E-state index contributed by atoms with van der Waals surface area (Å²) in [6, 6.07) is 3.74. The van der Waals surface area contributed by atoms with Crippen molar-refractivity contribution >= 4 is 29.2 Å². The molecule has 0 radical (unpaired) electrons. The molecule has 1 rings (SSSR count). The van der Waals surface area contributed by atoms with Crippen molar-refractivity contribution in [3.8, 4) is 0 Å². The Bertz CT molecular complexity index is 240. The van der Waals surface area contributed by atoms with Crippen molar-refractivity contribution in [2.75, 3.05) is 23.5 Å². The van der Waals surface area contributed by atoms with Gasteiger partial charge in [-0.3, -0.25) is 0 Å². The molecule has 0 fully saturated rings. The second-order valence-electron chi connectivity index (χ2n) is 2.24. The van der Waals surface area contributed by atoms with E-state index in [1.807, 2.05) is 23.9 Å². The highest BCUT2D eigenvalue weighted by molar-refractivity contribution is 8.02. The number of hydrogen-bond donors (Lipinski definition) is 1. The van der Waals surface area contributed by atoms with Gasteiger partial charge in [0.15, 0.2) is 0 Å². The third-order valence-corrected chi connectivity index (χ3v) is 3.22. The topological polar surface area (TPSA) is 38.9 Å². The Balaban J connectivity index is 2.46. The highest BCUT2D eigenvalue weighted by atomic mass is 32.2. The van der Waals surface area contributed by atoms with E-state index in [1.165, 1.54) is 0 Å². The maximum atomic E-state index is 5.71. The van der Waals surface area contributed by atoms with Crippen LogP contribution in [-0.4, -0.2) is 22.7 Å². The van der Waals surface area contributed by atoms with Crippen LogP contribution in [0.4, 0.5) is 5.69 Å². The fraction of sp³-hybridized carbons (Fsp3) is 0.375. The molecule has 1 heterocycles. The first-order valence-electron chi connectivity index (χ1n) is 3.67. The molecular weight excluding hydrogens is 188 g/mol. The number of anilines is 1. The minimum atomic E-state index is 0.781. The molecule has 0 bridgehead atoms. The van der Waals surface area contributed by atoms with Gasteiger partial charge in [-0.15, -0.1) is 11.8 Å². The standard InChI is InChI=1S/C8H12N2S2/c1-11-5-6-12-8-7(9)3-2-4-10-8/h2-4H,5-6,9H2,1H3. The molecule has 0 aliphatic heterocycles. The Morgan fingerprint density at radius 3 is 3.00 bits per heavy atom. The quantitative estimate of drug-likeness (QED) is 0.597. The van der Waals surface area contributed by atoms with Crippen molar-refractivity contribution in [2.45, 2.75) is 5.03 Å². The van der Waals surface area contributed by atoms with Crippen LogP contribution < -0.4 is 5.73 Å². The predicted octanol–water partition coefficient (Wildman–Crippen LogP) is 2.12. The van der Waals surface area contributed by atoms with E-state index in [0.29, 0.717) is 0 Å². The number of thioether (sulfide) groups is 2. The zero-order chi connectivity index (χ0) is 8.81. The Hall–Kier alpha value is -0.350. The number of pyridine rings is 1. The van der Waals surface area contributed by atoms with Crippen molar-refractivity contribution in [3.63, 3.8) is 0 Å². The number of nitrogen functional groups attached to an aromatic ring is 1. The molecule has 0 aliphatic carbocycles. The van der Waals surface area contributed by atoms with E-state index >= 15 is 0 Å². The first-order chi connectivity index (χ1) is 5.84. The molecule has 1 aromatic heterocycles. The van der Waals surface area contributed by atoms with Gasteiger partial charge >= 0.3 is 0 Å². The van der Waals surface area contributed by atoms with Crippen LogP contribution in [-0.2, 0) is 0 Å². The summed E-state index contributed by atoms with van der Waals surface area (Å²) in [6.07, 6.45) is 3.88. The normalized spacial score (nSPS) is 10.1. The highest BCUT2D eigenvalue weighted by Gasteiger charge is 1.98. The minimum absolute atomic E-state index is 0.781. The van der Waals surface area contributed by atoms with Gasteiger partial charge in [0.25, 0.3) is 0 Å². The van der Waals surface area contributed by atoms with E-state index in [9.17, 15) is 0 Å². The Labute approximate surface area is 81.3 Å². The smallest absolute Gasteiger partial charge is 0.119 e. The van der Waals surface area contributed by atoms with Gasteiger partial charge in [-0.05, 0) is 18.4 Å². The molecule has 0 spiro atoms. The molecule has 4 heteroatoms. The molecule has 0 unspecified atom stereocenters. The first-order valence-corrected chi connectivity index (χ1v) is 6.04. The maximum Gasteiger partial charge on any atom is 0.119 e. The second-order valence-corrected chi connectivity index (χ2v) is 4.31. The lowest BCUT2D eigenvalue weighted by molar-refractivity contribution is 1.14. The third kappa shape index (κ3) is 2.95. The molecule has 1 aromatic rings. The lowest BCUT2D eigenvalue weighted by atomic mass is 10.4. The zero-order valence-corrected chi connectivity index (χ0v) is 8.62. The molecule has 2 nitrogen and oxygen atoms in total. The monoisotopic (exact) mass is 200 g/mol. The fourth-order valence-electron chi connectivity index (χ4n) is 0.746. The summed E-state index contributed by atoms with van der Waals surface area (Å²) in [6.45, 7) is 0. The lowest BCUT2D eigenvalue weighted by Gasteiger charge is -2.01. The average Bonchev–Trinajstić information content (AvgIpc) is 2.09. The van der Waals surface area contributed by atoms with Crippen LogP contribution in [0.25, 0.3) is 0 Å². The van der Waals surface area contributed by atoms with E-state index in [0.717, 1.165) is 22.2 Å². The van der Waals surface area contributed by atoms with Crippen molar-refractivity contribution in [1.82, 2.24) is 4.98 Å². The summed E-state index contributed by atoms with van der Waals surface area (Å²) >= 11 is 3.55. The minimum Gasteiger partial charge on any atom is -0.397 e. The summed E-state index contributed by atoms with van der Waals surface area (Å²) in [4.78, 5) is 4.18. The van der Waals surface area contributed by atoms with Crippen LogP contribution in [0, 0.1) is 0 Å². The molecule has 0 aliphatic rings. The molecule has 12 heavy (non-hydrogen) atoms. The van der Waals surface area contributed by atoms with Crippen LogP contribution in [0.5, 0.6) is 0 Å². The fourth-order valence-corrected chi connectivity index (χ4v) is 2.31. The largest absolute Gasteiger partial charge is 0.397 e. The molecule has 0 amide bonds. The Kier molecular flexibility index (Phi) is 4.32. The Morgan fingerprint density at radius 1 is 1.50 bits per heavy atom. The molecule has 2 N–H and O–H groups in total. The average molecular weight is 200 g/mol. The van der Waals surface area contributed by atoms with E-state index in [2.05, 4.69) is 11.2 Å². The molecular formula is C8H12N2S2. The molecule has 0 saturated carbocycles. The number of aromatic nitrogens is 1. The van der Waals surface area contributed by atoms with Crippen LogP contribution in [0.3, 0.4) is 0 Å². The first kappa shape index (κ1) is 9.74. The number of nitrogens with zero attached hydrogens (tertiary/aromatic N) is 1. The zero-order valence-electron chi connectivity index (χ0n) is 6.99. The maximum absolute atomic E-state index is 5.71. The third-order valence-electron chi connectivity index (χ3n) is 1.33. The summed E-state index contributed by atoms with van der Waals surface area (Å²) in [5.41, 5.74) is 6.49. The van der Waals surface area contributed by atoms with Crippen molar-refractivity contribution in [3.05, 3.63) is 18.3 Å². The van der Waals surface area contributed by atoms with Crippen molar-refractivity contribution in [1.29, 1.82) is 0 Å². The van der Waals surface area contributed by atoms with Crippen LogP contribution in [0.2, 0.25) is 0 Å². The molecule has 0 saturated heterocycles.